The minimum Gasteiger partial charge on any atom is -0.506 e. The molecule has 1 saturated heterocycles. The second-order valence-electron chi connectivity index (χ2n) is 7.64. The number of guanidine groups is 1. The lowest BCUT2D eigenvalue weighted by Crippen LogP contribution is -2.52. The molecule has 0 bridgehead atoms. The van der Waals surface area contributed by atoms with Crippen molar-refractivity contribution in [1.82, 2.24) is 10.2 Å². The average molecular weight is 395 g/mol. The van der Waals surface area contributed by atoms with E-state index in [1.165, 1.54) is 6.42 Å². The molecule has 154 valence electrons. The van der Waals surface area contributed by atoms with Crippen LogP contribution in [0.5, 0.6) is 11.5 Å². The molecule has 0 spiro atoms. The highest BCUT2D eigenvalue weighted by molar-refractivity contribution is 5.80. The van der Waals surface area contributed by atoms with Gasteiger partial charge in [-0.05, 0) is 37.5 Å². The van der Waals surface area contributed by atoms with Crippen LogP contribution in [0.2, 0.25) is 0 Å². The highest BCUT2D eigenvalue weighted by atomic mass is 16.5. The molecule has 1 aliphatic carbocycles. The number of phenols is 1. The van der Waals surface area contributed by atoms with Crippen LogP contribution in [-0.2, 0) is 6.54 Å². The van der Waals surface area contributed by atoms with E-state index in [1.54, 1.807) is 6.07 Å². The van der Waals surface area contributed by atoms with Crippen LogP contribution < -0.4 is 15.0 Å². The third-order valence-corrected chi connectivity index (χ3v) is 5.77. The van der Waals surface area contributed by atoms with Gasteiger partial charge >= 0.3 is 0 Å². The number of nitrogens with one attached hydrogen (secondary N) is 1. The Balaban J connectivity index is 1.33. The Bertz CT molecular complexity index is 842. The lowest BCUT2D eigenvalue weighted by Gasteiger charge is -2.38. The molecule has 0 atom stereocenters. The van der Waals surface area contributed by atoms with Crippen LogP contribution in [0.4, 0.5) is 5.69 Å². The SMILES string of the molecule is CN=C(NCc1ccccc1OC1CCC1)N1CCN(c2ccccc2O)CC1. The second kappa shape index (κ2) is 9.07. The summed E-state index contributed by atoms with van der Waals surface area (Å²) in [5.41, 5.74) is 2.06. The fourth-order valence-electron chi connectivity index (χ4n) is 3.83. The van der Waals surface area contributed by atoms with E-state index in [4.69, 9.17) is 4.74 Å². The van der Waals surface area contributed by atoms with Gasteiger partial charge in [-0.15, -0.1) is 0 Å². The van der Waals surface area contributed by atoms with Crippen molar-refractivity contribution in [2.75, 3.05) is 38.1 Å². The molecule has 0 amide bonds. The summed E-state index contributed by atoms with van der Waals surface area (Å²) in [5.74, 6) is 2.22. The first kappa shape index (κ1) is 19.4. The van der Waals surface area contributed by atoms with Crippen molar-refractivity contribution in [3.63, 3.8) is 0 Å². The molecule has 2 aromatic carbocycles. The van der Waals surface area contributed by atoms with Gasteiger partial charge in [-0.25, -0.2) is 0 Å². The molecule has 29 heavy (non-hydrogen) atoms. The van der Waals surface area contributed by atoms with Gasteiger partial charge in [-0.3, -0.25) is 4.99 Å². The molecule has 1 heterocycles. The van der Waals surface area contributed by atoms with Crippen molar-refractivity contribution in [3.8, 4) is 11.5 Å². The Hall–Kier alpha value is -2.89. The van der Waals surface area contributed by atoms with Crippen molar-refractivity contribution in [2.45, 2.75) is 31.9 Å². The number of para-hydroxylation sites is 3. The summed E-state index contributed by atoms with van der Waals surface area (Å²) < 4.78 is 6.14. The van der Waals surface area contributed by atoms with E-state index in [0.717, 1.165) is 62.0 Å². The lowest BCUT2D eigenvalue weighted by atomic mass is 9.96. The van der Waals surface area contributed by atoms with Crippen LogP contribution in [0.3, 0.4) is 0 Å². The Morgan fingerprint density at radius 1 is 1.07 bits per heavy atom. The van der Waals surface area contributed by atoms with E-state index in [2.05, 4.69) is 38.3 Å². The van der Waals surface area contributed by atoms with Gasteiger partial charge in [-0.1, -0.05) is 30.3 Å². The number of hydrogen-bond acceptors (Lipinski definition) is 4. The first-order valence-corrected chi connectivity index (χ1v) is 10.5. The number of rotatable bonds is 5. The molecule has 1 aliphatic heterocycles. The van der Waals surface area contributed by atoms with Gasteiger partial charge in [0, 0.05) is 45.3 Å². The molecule has 6 heteroatoms. The molecule has 2 aromatic rings. The summed E-state index contributed by atoms with van der Waals surface area (Å²) in [4.78, 5) is 8.98. The average Bonchev–Trinajstić information content (AvgIpc) is 2.73. The first-order chi connectivity index (χ1) is 14.2. The normalized spacial score (nSPS) is 17.8. The van der Waals surface area contributed by atoms with E-state index in [-0.39, 0.29) is 0 Å². The summed E-state index contributed by atoms with van der Waals surface area (Å²) in [7, 11) is 1.83. The Morgan fingerprint density at radius 2 is 1.79 bits per heavy atom. The smallest absolute Gasteiger partial charge is 0.194 e. The van der Waals surface area contributed by atoms with Crippen molar-refractivity contribution < 1.29 is 9.84 Å². The Labute approximate surface area is 172 Å². The maximum atomic E-state index is 10.1. The second-order valence-corrected chi connectivity index (χ2v) is 7.64. The number of nitrogens with zero attached hydrogens (tertiary/aromatic N) is 3. The predicted molar refractivity (Wildman–Crippen MR) is 117 cm³/mol. The summed E-state index contributed by atoms with van der Waals surface area (Å²) in [6.07, 6.45) is 3.96. The predicted octanol–water partition coefficient (Wildman–Crippen LogP) is 3.22. The van der Waals surface area contributed by atoms with Gasteiger partial charge in [0.2, 0.25) is 0 Å². The number of anilines is 1. The number of phenolic OH excluding ortho intramolecular Hbond substituents is 1. The zero-order valence-corrected chi connectivity index (χ0v) is 17.1. The topological polar surface area (TPSA) is 60.3 Å². The molecule has 2 N–H and O–H groups in total. The zero-order valence-electron chi connectivity index (χ0n) is 17.1. The highest BCUT2D eigenvalue weighted by Gasteiger charge is 2.22. The molecular weight excluding hydrogens is 364 g/mol. The number of benzene rings is 2. The molecule has 2 fully saturated rings. The number of aliphatic imine (C=N–C) groups is 1. The molecule has 0 aromatic heterocycles. The van der Waals surface area contributed by atoms with Crippen molar-refractivity contribution in [3.05, 3.63) is 54.1 Å². The summed E-state index contributed by atoms with van der Waals surface area (Å²) >= 11 is 0. The molecule has 0 radical (unpaired) electrons. The largest absolute Gasteiger partial charge is 0.506 e. The highest BCUT2D eigenvalue weighted by Crippen LogP contribution is 2.28. The molecule has 6 nitrogen and oxygen atoms in total. The maximum absolute atomic E-state index is 10.1. The minimum atomic E-state index is 0.339. The molecule has 2 aliphatic rings. The first-order valence-electron chi connectivity index (χ1n) is 10.5. The number of piperazine rings is 1. The molecule has 1 saturated carbocycles. The van der Waals surface area contributed by atoms with Gasteiger partial charge in [0.15, 0.2) is 5.96 Å². The Kier molecular flexibility index (Phi) is 6.08. The van der Waals surface area contributed by atoms with Crippen LogP contribution in [0, 0.1) is 0 Å². The van der Waals surface area contributed by atoms with Gasteiger partial charge in [0.25, 0.3) is 0 Å². The van der Waals surface area contributed by atoms with E-state index in [9.17, 15) is 5.11 Å². The maximum Gasteiger partial charge on any atom is 0.194 e. The molecule has 0 unspecified atom stereocenters. The quantitative estimate of drug-likeness (QED) is 0.602. The standard InChI is InChI=1S/C23H30N4O2/c1-24-23(25-17-18-7-2-5-12-22(18)29-19-8-6-9-19)27-15-13-26(14-16-27)20-10-3-4-11-21(20)28/h2-5,7,10-12,19,28H,6,8-9,13-17H2,1H3,(H,24,25). The molecular formula is C23H30N4O2. The van der Waals surface area contributed by atoms with E-state index in [1.807, 2.05) is 31.3 Å². The third kappa shape index (κ3) is 4.58. The van der Waals surface area contributed by atoms with Gasteiger partial charge in [-0.2, -0.15) is 0 Å². The van der Waals surface area contributed by atoms with Gasteiger partial charge in [0.05, 0.1) is 11.8 Å². The third-order valence-electron chi connectivity index (χ3n) is 5.77. The number of hydrogen-bond donors (Lipinski definition) is 2. The fraction of sp³-hybridized carbons (Fsp3) is 0.435. The van der Waals surface area contributed by atoms with Crippen molar-refractivity contribution in [1.29, 1.82) is 0 Å². The lowest BCUT2D eigenvalue weighted by molar-refractivity contribution is 0.119. The number of aromatic hydroxyl groups is 1. The monoisotopic (exact) mass is 394 g/mol. The van der Waals surface area contributed by atoms with Crippen LogP contribution in [0.1, 0.15) is 24.8 Å². The van der Waals surface area contributed by atoms with Crippen molar-refractivity contribution >= 4 is 11.6 Å². The van der Waals surface area contributed by atoms with Crippen LogP contribution >= 0.6 is 0 Å². The van der Waals surface area contributed by atoms with E-state index in [0.29, 0.717) is 18.4 Å². The number of ether oxygens (including phenoxy) is 1. The Morgan fingerprint density at radius 3 is 2.48 bits per heavy atom. The van der Waals surface area contributed by atoms with Crippen LogP contribution in [0.25, 0.3) is 0 Å². The fourth-order valence-corrected chi connectivity index (χ4v) is 3.83. The zero-order chi connectivity index (χ0) is 20.1. The van der Waals surface area contributed by atoms with Crippen LogP contribution in [-0.4, -0.2) is 55.3 Å². The van der Waals surface area contributed by atoms with Gasteiger partial charge in [0.1, 0.15) is 11.5 Å². The van der Waals surface area contributed by atoms with Crippen molar-refractivity contribution in [2.24, 2.45) is 4.99 Å². The summed E-state index contributed by atoms with van der Waals surface area (Å²) in [6.45, 7) is 4.09. The van der Waals surface area contributed by atoms with E-state index < -0.39 is 0 Å². The molecule has 4 rings (SSSR count). The summed E-state index contributed by atoms with van der Waals surface area (Å²) in [6, 6.07) is 15.8. The minimum absolute atomic E-state index is 0.339. The summed E-state index contributed by atoms with van der Waals surface area (Å²) in [5, 5.41) is 13.6. The van der Waals surface area contributed by atoms with Gasteiger partial charge < -0.3 is 25.0 Å². The van der Waals surface area contributed by atoms with E-state index >= 15 is 0 Å². The van der Waals surface area contributed by atoms with Crippen LogP contribution in [0.15, 0.2) is 53.5 Å².